The van der Waals surface area contributed by atoms with Crippen molar-refractivity contribution in [3.8, 4) is 0 Å². The molecule has 0 aromatic heterocycles. The summed E-state index contributed by atoms with van der Waals surface area (Å²) in [5, 5.41) is 3.07. The quantitative estimate of drug-likeness (QED) is 0.0205. The summed E-state index contributed by atoms with van der Waals surface area (Å²) in [6.07, 6.45) is 74.8. The molecule has 9 nitrogen and oxygen atoms in total. The summed E-state index contributed by atoms with van der Waals surface area (Å²) in [5.41, 5.74) is 0. The lowest BCUT2D eigenvalue weighted by Crippen LogP contribution is -2.47. The van der Waals surface area contributed by atoms with Crippen LogP contribution in [0.4, 0.5) is 0 Å². The van der Waals surface area contributed by atoms with Gasteiger partial charge in [0.1, 0.15) is 19.3 Å². The second-order valence-corrected chi connectivity index (χ2v) is 27.2. The number of likely N-dealkylation sites (N-methyl/N-ethyl adjacent to an activating group) is 1. The number of phosphoric acid groups is 1. The molecule has 480 valence electrons. The number of esters is 1. The number of nitrogens with zero attached hydrogens (tertiary/aromatic N) is 1. The lowest BCUT2D eigenvalue weighted by atomic mass is 10.0. The predicted molar refractivity (Wildman–Crippen MR) is 351 cm³/mol. The highest BCUT2D eigenvalue weighted by molar-refractivity contribution is 7.47. The SMILES string of the molecule is CCCCCCCC/C=C/CCCCCCCCCCCCCCCCCCCC(=O)OC(/C=C\CCCCCCCCCCCCC)C(COP(=O)(O)OCC[N+](C)(C)C)NC(=O)CCCCCCCCCCCCCCCCC. The first-order valence-corrected chi connectivity index (χ1v) is 37.2. The molecule has 0 bridgehead atoms. The van der Waals surface area contributed by atoms with Gasteiger partial charge in [0.05, 0.1) is 33.8 Å². The van der Waals surface area contributed by atoms with Gasteiger partial charge in [0.15, 0.2) is 0 Å². The average molecular weight is 1160 g/mol. The summed E-state index contributed by atoms with van der Waals surface area (Å²) in [5.74, 6) is -0.481. The topological polar surface area (TPSA) is 111 Å². The first-order valence-electron chi connectivity index (χ1n) is 35.7. The molecule has 0 aromatic rings. The molecule has 2 N–H and O–H groups in total. The maximum atomic E-state index is 13.6. The van der Waals surface area contributed by atoms with Crippen LogP contribution in [0.15, 0.2) is 24.3 Å². The highest BCUT2D eigenvalue weighted by Gasteiger charge is 2.30. The van der Waals surface area contributed by atoms with Crippen molar-refractivity contribution in [2.75, 3.05) is 40.9 Å². The van der Waals surface area contributed by atoms with Gasteiger partial charge in [-0.25, -0.2) is 4.57 Å². The minimum atomic E-state index is -4.45. The first kappa shape index (κ1) is 79.5. The number of carbonyl (C=O) groups is 2. The van der Waals surface area contributed by atoms with Gasteiger partial charge >= 0.3 is 13.8 Å². The Morgan fingerprint density at radius 3 is 1.05 bits per heavy atom. The first-order chi connectivity index (χ1) is 39.4. The zero-order valence-electron chi connectivity index (χ0n) is 55.1. The number of hydrogen-bond acceptors (Lipinski definition) is 6. The Balaban J connectivity index is 4.98. The molecule has 0 spiro atoms. The number of phosphoric ester groups is 1. The van der Waals surface area contributed by atoms with Gasteiger partial charge in [-0.05, 0) is 57.4 Å². The Hall–Kier alpha value is -1.51. The number of unbranched alkanes of at least 4 members (excludes halogenated alkanes) is 48. The van der Waals surface area contributed by atoms with E-state index in [4.69, 9.17) is 13.8 Å². The third kappa shape index (κ3) is 62.8. The molecule has 0 saturated heterocycles. The Bertz CT molecular complexity index is 1430. The monoisotopic (exact) mass is 1160 g/mol. The number of allylic oxidation sites excluding steroid dienone is 3. The van der Waals surface area contributed by atoms with Gasteiger partial charge < -0.3 is 19.4 Å². The van der Waals surface area contributed by atoms with Gasteiger partial charge in [0.2, 0.25) is 5.91 Å². The summed E-state index contributed by atoms with van der Waals surface area (Å²) in [6, 6.07) is -0.842. The predicted octanol–water partition coefficient (Wildman–Crippen LogP) is 22.5. The third-order valence-electron chi connectivity index (χ3n) is 16.4. The normalized spacial score (nSPS) is 13.6. The lowest BCUT2D eigenvalue weighted by Gasteiger charge is -2.27. The molecule has 3 unspecified atom stereocenters. The van der Waals surface area contributed by atoms with Gasteiger partial charge in [-0.2, -0.15) is 0 Å². The van der Waals surface area contributed by atoms with Crippen LogP contribution in [-0.2, 0) is 27.9 Å². The van der Waals surface area contributed by atoms with E-state index in [-0.39, 0.29) is 25.1 Å². The Labute approximate surface area is 504 Å². The number of ether oxygens (including phenoxy) is 1. The fourth-order valence-electron chi connectivity index (χ4n) is 10.9. The van der Waals surface area contributed by atoms with Crippen LogP contribution in [-0.4, -0.2) is 74.3 Å². The van der Waals surface area contributed by atoms with Crippen LogP contribution in [0.1, 0.15) is 367 Å². The highest BCUT2D eigenvalue weighted by atomic mass is 31.2. The molecule has 0 aliphatic rings. The molecule has 0 rings (SSSR count). The second-order valence-electron chi connectivity index (χ2n) is 25.8. The number of quaternary nitrogens is 1. The van der Waals surface area contributed by atoms with Crippen LogP contribution >= 0.6 is 7.82 Å². The zero-order valence-corrected chi connectivity index (χ0v) is 56.0. The van der Waals surface area contributed by atoms with E-state index >= 15 is 0 Å². The van der Waals surface area contributed by atoms with Gasteiger partial charge in [-0.15, -0.1) is 0 Å². The maximum Gasteiger partial charge on any atom is 0.472 e. The van der Waals surface area contributed by atoms with E-state index in [1.165, 1.54) is 276 Å². The van der Waals surface area contributed by atoms with Crippen molar-refractivity contribution < 1.29 is 37.3 Å². The summed E-state index contributed by atoms with van der Waals surface area (Å²) in [7, 11) is 1.52. The lowest BCUT2D eigenvalue weighted by molar-refractivity contribution is -0.870. The van der Waals surface area contributed by atoms with Crippen LogP contribution in [0.25, 0.3) is 0 Å². The van der Waals surface area contributed by atoms with E-state index in [0.29, 0.717) is 23.9 Å². The number of nitrogens with one attached hydrogen (secondary N) is 1. The molecule has 0 saturated carbocycles. The molecule has 81 heavy (non-hydrogen) atoms. The molecule has 0 fully saturated rings. The van der Waals surface area contributed by atoms with Crippen molar-refractivity contribution in [3.05, 3.63) is 24.3 Å². The van der Waals surface area contributed by atoms with Crippen LogP contribution in [0.3, 0.4) is 0 Å². The van der Waals surface area contributed by atoms with Gasteiger partial charge in [0, 0.05) is 12.8 Å². The van der Waals surface area contributed by atoms with Crippen molar-refractivity contribution in [1.29, 1.82) is 0 Å². The summed E-state index contributed by atoms with van der Waals surface area (Å²) < 4.78 is 30.8. The zero-order chi connectivity index (χ0) is 59.3. The summed E-state index contributed by atoms with van der Waals surface area (Å²) in [6.45, 7) is 7.08. The highest BCUT2D eigenvalue weighted by Crippen LogP contribution is 2.43. The van der Waals surface area contributed by atoms with E-state index in [0.717, 1.165) is 57.8 Å². The standard InChI is InChI=1S/C71H139N2O7P/c1-7-10-13-16-19-22-25-28-30-31-32-33-34-35-36-37-38-39-40-41-43-46-49-52-55-58-61-64-71(75)80-69(62-59-56-53-50-47-44-27-24-21-18-15-12-9-3)68(67-79-81(76,77)78-66-65-73(4,5)6)72-70(74)63-60-57-54-51-48-45-42-29-26-23-20-17-14-11-8-2/h28,30,59,62,68-69H,7-27,29,31-58,60-61,63-67H2,1-6H3,(H-,72,74,76,77)/p+1/b30-28+,62-59-. The molecule has 0 heterocycles. The van der Waals surface area contributed by atoms with Crippen molar-refractivity contribution >= 4 is 19.7 Å². The van der Waals surface area contributed by atoms with Gasteiger partial charge in [-0.1, -0.05) is 322 Å². The van der Waals surface area contributed by atoms with Gasteiger partial charge in [-0.3, -0.25) is 18.6 Å². The number of carbonyl (C=O) groups excluding carboxylic acids is 2. The maximum absolute atomic E-state index is 13.6. The van der Waals surface area contributed by atoms with Gasteiger partial charge in [0.25, 0.3) is 0 Å². The van der Waals surface area contributed by atoms with Crippen LogP contribution in [0.5, 0.6) is 0 Å². The third-order valence-corrected chi connectivity index (χ3v) is 17.4. The van der Waals surface area contributed by atoms with Crippen LogP contribution < -0.4 is 5.32 Å². The number of amides is 1. The van der Waals surface area contributed by atoms with E-state index < -0.39 is 20.0 Å². The Morgan fingerprint density at radius 1 is 0.420 bits per heavy atom. The molecular weight excluding hydrogens is 1020 g/mol. The Morgan fingerprint density at radius 2 is 0.716 bits per heavy atom. The van der Waals surface area contributed by atoms with Crippen LogP contribution in [0, 0.1) is 0 Å². The summed E-state index contributed by atoms with van der Waals surface area (Å²) in [4.78, 5) is 37.9. The molecule has 10 heteroatoms. The van der Waals surface area contributed by atoms with E-state index in [2.05, 4.69) is 44.3 Å². The molecule has 1 amide bonds. The minimum Gasteiger partial charge on any atom is -0.456 e. The fraction of sp³-hybridized carbons (Fsp3) is 0.915. The fourth-order valence-corrected chi connectivity index (χ4v) is 11.6. The molecule has 0 radical (unpaired) electrons. The molecular formula is C71H140N2O7P+. The second kappa shape index (κ2) is 61.6. The van der Waals surface area contributed by atoms with Crippen molar-refractivity contribution in [1.82, 2.24) is 5.32 Å². The van der Waals surface area contributed by atoms with E-state index in [1.54, 1.807) is 0 Å². The Kier molecular flexibility index (Phi) is 60.4. The molecule has 0 aromatic carbocycles. The summed E-state index contributed by atoms with van der Waals surface area (Å²) >= 11 is 0. The minimum absolute atomic E-state index is 0.0449. The number of hydrogen-bond donors (Lipinski definition) is 2. The van der Waals surface area contributed by atoms with Crippen LogP contribution in [0.2, 0.25) is 0 Å². The van der Waals surface area contributed by atoms with Crippen molar-refractivity contribution in [2.45, 2.75) is 380 Å². The molecule has 0 aliphatic carbocycles. The molecule has 3 atom stereocenters. The average Bonchev–Trinajstić information content (AvgIpc) is 3.44. The number of rotatable bonds is 66. The largest absolute Gasteiger partial charge is 0.472 e. The van der Waals surface area contributed by atoms with E-state index in [9.17, 15) is 19.0 Å². The molecule has 0 aliphatic heterocycles. The van der Waals surface area contributed by atoms with Crippen molar-refractivity contribution in [2.24, 2.45) is 0 Å². The van der Waals surface area contributed by atoms with E-state index in [1.807, 2.05) is 27.2 Å². The smallest absolute Gasteiger partial charge is 0.456 e. The van der Waals surface area contributed by atoms with Crippen molar-refractivity contribution in [3.63, 3.8) is 0 Å².